The van der Waals surface area contributed by atoms with Crippen molar-refractivity contribution in [1.82, 2.24) is 0 Å². The molecule has 28 heavy (non-hydrogen) atoms. The first-order valence-corrected chi connectivity index (χ1v) is 11.8. The summed E-state index contributed by atoms with van der Waals surface area (Å²) < 4.78 is 35.1. The van der Waals surface area contributed by atoms with Crippen LogP contribution < -0.4 is 5.19 Å². The molecule has 3 atom stereocenters. The first kappa shape index (κ1) is 25.2. The summed E-state index contributed by atoms with van der Waals surface area (Å²) in [5, 5.41) is 0.968. The van der Waals surface area contributed by atoms with Gasteiger partial charge in [-0.05, 0) is 40.0 Å². The number of hydrogen-bond donors (Lipinski definition) is 0. The number of benzene rings is 1. The van der Waals surface area contributed by atoms with Crippen molar-refractivity contribution in [3.8, 4) is 0 Å². The SMILES string of the molecule is COC(C)CCO[Si](OCCC(C)OC)(OCCC(C)OC)c1ccccc1. The molecule has 0 saturated carbocycles. The first-order chi connectivity index (χ1) is 13.5. The van der Waals surface area contributed by atoms with E-state index in [1.54, 1.807) is 21.3 Å². The van der Waals surface area contributed by atoms with Crippen LogP contribution in [0.3, 0.4) is 0 Å². The van der Waals surface area contributed by atoms with Crippen LogP contribution in [-0.2, 0) is 27.5 Å². The zero-order valence-corrected chi connectivity index (χ0v) is 19.3. The molecule has 7 heteroatoms. The molecule has 0 heterocycles. The van der Waals surface area contributed by atoms with Gasteiger partial charge in [0.05, 0.1) is 18.3 Å². The van der Waals surface area contributed by atoms with Crippen LogP contribution in [0.2, 0.25) is 0 Å². The minimum atomic E-state index is -3.08. The van der Waals surface area contributed by atoms with E-state index in [9.17, 15) is 0 Å². The van der Waals surface area contributed by atoms with E-state index in [0.29, 0.717) is 19.8 Å². The molecule has 0 aromatic heterocycles. The minimum Gasteiger partial charge on any atom is -0.382 e. The summed E-state index contributed by atoms with van der Waals surface area (Å²) in [5.41, 5.74) is 0. The van der Waals surface area contributed by atoms with Gasteiger partial charge < -0.3 is 27.5 Å². The number of methoxy groups -OCH3 is 3. The second-order valence-electron chi connectivity index (χ2n) is 6.97. The summed E-state index contributed by atoms with van der Waals surface area (Å²) in [6.07, 6.45) is 2.66. The fraction of sp³-hybridized carbons (Fsp3) is 0.714. The molecule has 0 amide bonds. The maximum Gasteiger partial charge on any atom is 0.537 e. The molecule has 0 saturated heterocycles. The molecule has 0 aliphatic heterocycles. The smallest absolute Gasteiger partial charge is 0.382 e. The number of rotatable bonds is 16. The summed E-state index contributed by atoms with van der Waals surface area (Å²) >= 11 is 0. The highest BCUT2D eigenvalue weighted by atomic mass is 28.4. The van der Waals surface area contributed by atoms with Crippen LogP contribution in [0.15, 0.2) is 30.3 Å². The molecule has 0 fully saturated rings. The molecule has 6 nitrogen and oxygen atoms in total. The highest BCUT2D eigenvalue weighted by Crippen LogP contribution is 2.15. The Balaban J connectivity index is 2.94. The largest absolute Gasteiger partial charge is 0.537 e. The van der Waals surface area contributed by atoms with Crippen molar-refractivity contribution in [2.24, 2.45) is 0 Å². The first-order valence-electron chi connectivity index (χ1n) is 10.0. The molecule has 0 aliphatic rings. The molecule has 1 aromatic rings. The topological polar surface area (TPSA) is 55.4 Å². The van der Waals surface area contributed by atoms with Gasteiger partial charge >= 0.3 is 8.80 Å². The lowest BCUT2D eigenvalue weighted by Crippen LogP contribution is -2.57. The van der Waals surface area contributed by atoms with Crippen molar-refractivity contribution >= 4 is 14.0 Å². The number of hydrogen-bond acceptors (Lipinski definition) is 6. The Morgan fingerprint density at radius 3 is 1.32 bits per heavy atom. The third-order valence-electron chi connectivity index (χ3n) is 4.78. The van der Waals surface area contributed by atoms with Crippen molar-refractivity contribution in [2.45, 2.75) is 58.3 Å². The van der Waals surface area contributed by atoms with Gasteiger partial charge in [0.2, 0.25) is 0 Å². The molecular formula is C21H38O6Si. The van der Waals surface area contributed by atoms with Crippen LogP contribution in [0.5, 0.6) is 0 Å². The van der Waals surface area contributed by atoms with Gasteiger partial charge in [-0.1, -0.05) is 30.3 Å². The Bertz CT molecular complexity index is 460. The van der Waals surface area contributed by atoms with E-state index in [1.165, 1.54) is 0 Å². The van der Waals surface area contributed by atoms with Crippen molar-refractivity contribution in [3.63, 3.8) is 0 Å². The molecule has 0 spiro atoms. The van der Waals surface area contributed by atoms with Crippen LogP contribution in [0.1, 0.15) is 40.0 Å². The molecule has 0 radical (unpaired) electrons. The average Bonchev–Trinajstić information content (AvgIpc) is 2.73. The zero-order valence-electron chi connectivity index (χ0n) is 18.3. The summed E-state index contributed by atoms with van der Waals surface area (Å²) in [7, 11) is 2.04. The fourth-order valence-corrected chi connectivity index (χ4v) is 4.96. The minimum absolute atomic E-state index is 0.115. The lowest BCUT2D eigenvalue weighted by atomic mass is 10.3. The third kappa shape index (κ3) is 9.13. The van der Waals surface area contributed by atoms with Gasteiger partial charge in [-0.3, -0.25) is 0 Å². The van der Waals surface area contributed by atoms with Gasteiger partial charge in [0, 0.05) is 46.3 Å². The molecule has 0 bridgehead atoms. The van der Waals surface area contributed by atoms with E-state index in [0.717, 1.165) is 24.4 Å². The number of ether oxygens (including phenoxy) is 3. The molecule has 0 aliphatic carbocycles. The van der Waals surface area contributed by atoms with E-state index in [1.807, 2.05) is 51.1 Å². The molecule has 0 N–H and O–H groups in total. The second kappa shape index (κ2) is 14.2. The van der Waals surface area contributed by atoms with Crippen LogP contribution >= 0.6 is 0 Å². The van der Waals surface area contributed by atoms with Gasteiger partial charge in [-0.2, -0.15) is 0 Å². The monoisotopic (exact) mass is 414 g/mol. The molecule has 1 aromatic carbocycles. The lowest BCUT2D eigenvalue weighted by molar-refractivity contribution is 0.0274. The van der Waals surface area contributed by atoms with Crippen LogP contribution in [0.4, 0.5) is 0 Å². The Labute approximate surface area is 171 Å². The Morgan fingerprint density at radius 1 is 0.643 bits per heavy atom. The van der Waals surface area contributed by atoms with E-state index >= 15 is 0 Å². The van der Waals surface area contributed by atoms with Crippen molar-refractivity contribution in [1.29, 1.82) is 0 Å². The predicted octanol–water partition coefficient (Wildman–Crippen LogP) is 3.16. The van der Waals surface area contributed by atoms with Gasteiger partial charge in [-0.25, -0.2) is 0 Å². The van der Waals surface area contributed by atoms with Crippen LogP contribution in [-0.4, -0.2) is 68.3 Å². The molecule has 162 valence electrons. The standard InChI is InChI=1S/C21H38O6Si/c1-18(22-4)12-15-25-28(21-10-8-7-9-11-21,26-16-13-19(2)23-5)27-17-14-20(3)24-6/h7-11,18-20H,12-17H2,1-6H3. The van der Waals surface area contributed by atoms with Gasteiger partial charge in [0.25, 0.3) is 0 Å². The molecular weight excluding hydrogens is 376 g/mol. The molecule has 1 rings (SSSR count). The lowest BCUT2D eigenvalue weighted by Gasteiger charge is -2.31. The van der Waals surface area contributed by atoms with Gasteiger partial charge in [0.1, 0.15) is 0 Å². The summed E-state index contributed by atoms with van der Waals surface area (Å²) in [6.45, 7) is 7.60. The Morgan fingerprint density at radius 2 is 1.00 bits per heavy atom. The highest BCUT2D eigenvalue weighted by molar-refractivity contribution is 6.75. The van der Waals surface area contributed by atoms with E-state index in [4.69, 9.17) is 27.5 Å². The van der Waals surface area contributed by atoms with E-state index in [-0.39, 0.29) is 18.3 Å². The second-order valence-corrected chi connectivity index (χ2v) is 9.53. The highest BCUT2D eigenvalue weighted by Gasteiger charge is 2.44. The predicted molar refractivity (Wildman–Crippen MR) is 113 cm³/mol. The van der Waals surface area contributed by atoms with E-state index < -0.39 is 8.80 Å². The van der Waals surface area contributed by atoms with Crippen molar-refractivity contribution in [3.05, 3.63) is 30.3 Å². The average molecular weight is 415 g/mol. The maximum absolute atomic E-state index is 6.35. The van der Waals surface area contributed by atoms with Gasteiger partial charge in [0.15, 0.2) is 0 Å². The Hall–Kier alpha value is -0.803. The van der Waals surface area contributed by atoms with Gasteiger partial charge in [-0.15, -0.1) is 0 Å². The van der Waals surface area contributed by atoms with Crippen molar-refractivity contribution < 1.29 is 27.5 Å². The quantitative estimate of drug-likeness (QED) is 0.387. The Kier molecular flexibility index (Phi) is 12.8. The summed E-state index contributed by atoms with van der Waals surface area (Å²) in [4.78, 5) is 0. The van der Waals surface area contributed by atoms with Crippen LogP contribution in [0, 0.1) is 0 Å². The maximum atomic E-state index is 6.35. The normalized spacial score (nSPS) is 17.1. The molecule has 3 unspecified atom stereocenters. The third-order valence-corrected chi connectivity index (χ3v) is 7.58. The zero-order chi connectivity index (χ0) is 20.8. The van der Waals surface area contributed by atoms with Crippen LogP contribution in [0.25, 0.3) is 0 Å². The summed E-state index contributed by atoms with van der Waals surface area (Å²) in [5.74, 6) is 0. The fourth-order valence-electron chi connectivity index (χ4n) is 2.45. The van der Waals surface area contributed by atoms with E-state index in [2.05, 4.69) is 0 Å². The van der Waals surface area contributed by atoms with Crippen molar-refractivity contribution in [2.75, 3.05) is 41.2 Å². The summed E-state index contributed by atoms with van der Waals surface area (Å²) in [6, 6.07) is 9.99.